The van der Waals surface area contributed by atoms with Crippen molar-refractivity contribution in [3.63, 3.8) is 0 Å². The summed E-state index contributed by atoms with van der Waals surface area (Å²) < 4.78 is 5.18. The van der Waals surface area contributed by atoms with Crippen LogP contribution >= 0.6 is 11.3 Å². The number of Topliss-reactive ketones (excluding diaryl/α,β-unsaturated/α-hetero) is 1. The summed E-state index contributed by atoms with van der Waals surface area (Å²) in [5.41, 5.74) is 0.857. The zero-order valence-electron chi connectivity index (χ0n) is 15.3. The van der Waals surface area contributed by atoms with Gasteiger partial charge in [0.25, 0.3) is 5.78 Å². The van der Waals surface area contributed by atoms with Gasteiger partial charge in [0.2, 0.25) is 0 Å². The molecule has 3 aromatic rings. The molecule has 2 aromatic carbocycles. The molecule has 0 bridgehead atoms. The standard InChI is InChI=1S/C21H16N2O5S/c1-28-15-11-13(7-8-14(15)24)17-16(18(25)12-5-3-2-4-6-12)19(26)20(27)23(17)21-22-9-10-29-21/h2-11,17,24-25H,1H3/b18-16-. The third-order valence-corrected chi connectivity index (χ3v) is 5.41. The van der Waals surface area contributed by atoms with E-state index in [-0.39, 0.29) is 22.8 Å². The maximum Gasteiger partial charge on any atom is 0.301 e. The first-order valence-electron chi connectivity index (χ1n) is 8.65. The van der Waals surface area contributed by atoms with Crippen LogP contribution in [-0.4, -0.2) is 34.0 Å². The van der Waals surface area contributed by atoms with Crippen molar-refractivity contribution in [1.82, 2.24) is 4.98 Å². The van der Waals surface area contributed by atoms with Crippen molar-refractivity contribution in [2.24, 2.45) is 0 Å². The number of methoxy groups -OCH3 is 1. The number of ketones is 1. The molecule has 1 saturated heterocycles. The second-order valence-electron chi connectivity index (χ2n) is 6.28. The number of amides is 1. The van der Waals surface area contributed by atoms with E-state index in [4.69, 9.17) is 4.74 Å². The summed E-state index contributed by atoms with van der Waals surface area (Å²) in [6.07, 6.45) is 1.53. The van der Waals surface area contributed by atoms with E-state index in [0.29, 0.717) is 16.3 Å². The van der Waals surface area contributed by atoms with Crippen molar-refractivity contribution in [3.05, 3.63) is 76.8 Å². The smallest absolute Gasteiger partial charge is 0.301 e. The first-order chi connectivity index (χ1) is 14.0. The lowest BCUT2D eigenvalue weighted by molar-refractivity contribution is -0.132. The molecule has 7 nitrogen and oxygen atoms in total. The van der Waals surface area contributed by atoms with Crippen molar-refractivity contribution >= 4 is 33.9 Å². The number of phenolic OH excluding ortho intramolecular Hbond substituents is 1. The van der Waals surface area contributed by atoms with Crippen LogP contribution in [0.4, 0.5) is 5.13 Å². The van der Waals surface area contributed by atoms with Gasteiger partial charge in [0, 0.05) is 17.1 Å². The highest BCUT2D eigenvalue weighted by Gasteiger charge is 2.48. The maximum absolute atomic E-state index is 12.9. The number of aromatic nitrogens is 1. The fraction of sp³-hybridized carbons (Fsp3) is 0.0952. The van der Waals surface area contributed by atoms with Gasteiger partial charge in [-0.3, -0.25) is 14.5 Å². The quantitative estimate of drug-likeness (QED) is 0.389. The number of benzene rings is 2. The fourth-order valence-corrected chi connectivity index (χ4v) is 3.96. The molecule has 1 atom stereocenters. The number of aliphatic hydroxyl groups is 1. The molecular formula is C21H16N2O5S. The van der Waals surface area contributed by atoms with E-state index in [9.17, 15) is 19.8 Å². The number of hydrogen-bond acceptors (Lipinski definition) is 7. The fourth-order valence-electron chi connectivity index (χ4n) is 3.30. The third-order valence-electron chi connectivity index (χ3n) is 4.64. The first kappa shape index (κ1) is 18.7. The summed E-state index contributed by atoms with van der Waals surface area (Å²) >= 11 is 1.20. The lowest BCUT2D eigenvalue weighted by Gasteiger charge is -2.23. The van der Waals surface area contributed by atoms with Crippen LogP contribution in [0, 0.1) is 0 Å². The van der Waals surface area contributed by atoms with Gasteiger partial charge < -0.3 is 14.9 Å². The van der Waals surface area contributed by atoms with Crippen LogP contribution in [0.5, 0.6) is 11.5 Å². The molecule has 2 heterocycles. The Bertz CT molecular complexity index is 1110. The summed E-state index contributed by atoms with van der Waals surface area (Å²) in [6.45, 7) is 0. The number of anilines is 1. The molecular weight excluding hydrogens is 392 g/mol. The Hall–Kier alpha value is -3.65. The maximum atomic E-state index is 12.9. The predicted octanol–water partition coefficient (Wildman–Crippen LogP) is 3.48. The molecule has 4 rings (SSSR count). The summed E-state index contributed by atoms with van der Waals surface area (Å²) in [4.78, 5) is 31.2. The van der Waals surface area contributed by atoms with Crippen molar-refractivity contribution in [3.8, 4) is 11.5 Å². The largest absolute Gasteiger partial charge is 0.507 e. The molecule has 1 aliphatic heterocycles. The van der Waals surface area contributed by atoms with Gasteiger partial charge in [0.05, 0.1) is 18.7 Å². The molecule has 1 unspecified atom stereocenters. The Balaban J connectivity index is 1.96. The first-order valence-corrected chi connectivity index (χ1v) is 9.53. The number of hydrogen-bond donors (Lipinski definition) is 2. The van der Waals surface area contributed by atoms with Crippen molar-refractivity contribution in [2.45, 2.75) is 6.04 Å². The molecule has 1 amide bonds. The summed E-state index contributed by atoms with van der Waals surface area (Å²) in [5, 5.41) is 22.9. The van der Waals surface area contributed by atoms with Gasteiger partial charge in [0.1, 0.15) is 5.76 Å². The van der Waals surface area contributed by atoms with Crippen LogP contribution in [-0.2, 0) is 9.59 Å². The molecule has 8 heteroatoms. The lowest BCUT2D eigenvalue weighted by Crippen LogP contribution is -2.29. The summed E-state index contributed by atoms with van der Waals surface area (Å²) in [7, 11) is 1.40. The van der Waals surface area contributed by atoms with Gasteiger partial charge in [-0.05, 0) is 17.7 Å². The van der Waals surface area contributed by atoms with Crippen molar-refractivity contribution < 1.29 is 24.5 Å². The number of rotatable bonds is 4. The number of nitrogens with zero attached hydrogens (tertiary/aromatic N) is 2. The second kappa shape index (κ2) is 7.40. The number of carbonyl (C=O) groups excluding carboxylic acids is 2. The predicted molar refractivity (Wildman–Crippen MR) is 108 cm³/mol. The van der Waals surface area contributed by atoms with Crippen LogP contribution in [0.25, 0.3) is 5.76 Å². The van der Waals surface area contributed by atoms with E-state index in [1.165, 1.54) is 41.7 Å². The Labute approximate surface area is 170 Å². The number of aromatic hydroxyl groups is 1. The topological polar surface area (TPSA) is 100.0 Å². The van der Waals surface area contributed by atoms with Gasteiger partial charge in [-0.2, -0.15) is 0 Å². The molecule has 0 radical (unpaired) electrons. The number of phenols is 1. The number of thiazole rings is 1. The minimum Gasteiger partial charge on any atom is -0.507 e. The molecule has 0 saturated carbocycles. The Morgan fingerprint density at radius 2 is 1.93 bits per heavy atom. The van der Waals surface area contributed by atoms with E-state index in [2.05, 4.69) is 4.98 Å². The zero-order valence-corrected chi connectivity index (χ0v) is 16.1. The van der Waals surface area contributed by atoms with Gasteiger partial charge in [-0.15, -0.1) is 11.3 Å². The van der Waals surface area contributed by atoms with Gasteiger partial charge in [-0.1, -0.05) is 36.4 Å². The van der Waals surface area contributed by atoms with E-state index in [0.717, 1.165) is 0 Å². The summed E-state index contributed by atoms with van der Waals surface area (Å²) in [6, 6.07) is 12.1. The SMILES string of the molecule is COc1cc(C2/C(=C(/O)c3ccccc3)C(=O)C(=O)N2c2nccs2)ccc1O. The van der Waals surface area contributed by atoms with Crippen LogP contribution in [0.1, 0.15) is 17.2 Å². The summed E-state index contributed by atoms with van der Waals surface area (Å²) in [5.74, 6) is -1.76. The lowest BCUT2D eigenvalue weighted by atomic mass is 9.95. The average Bonchev–Trinajstić information content (AvgIpc) is 3.36. The van der Waals surface area contributed by atoms with Crippen LogP contribution in [0.2, 0.25) is 0 Å². The molecule has 1 fully saturated rings. The average molecular weight is 408 g/mol. The normalized spacial score (nSPS) is 18.2. The van der Waals surface area contributed by atoms with Crippen LogP contribution in [0.15, 0.2) is 65.7 Å². The molecule has 0 spiro atoms. The zero-order chi connectivity index (χ0) is 20.5. The molecule has 1 aromatic heterocycles. The minimum absolute atomic E-state index is 0.0517. The Kier molecular flexibility index (Phi) is 4.77. The molecule has 146 valence electrons. The van der Waals surface area contributed by atoms with E-state index in [1.807, 2.05) is 0 Å². The minimum atomic E-state index is -0.921. The highest BCUT2D eigenvalue weighted by atomic mass is 32.1. The van der Waals surface area contributed by atoms with Crippen LogP contribution < -0.4 is 9.64 Å². The van der Waals surface area contributed by atoms with E-state index in [1.54, 1.807) is 41.8 Å². The Morgan fingerprint density at radius 3 is 2.59 bits per heavy atom. The van der Waals surface area contributed by atoms with E-state index >= 15 is 0 Å². The highest BCUT2D eigenvalue weighted by Crippen LogP contribution is 2.44. The van der Waals surface area contributed by atoms with Gasteiger partial charge in [0.15, 0.2) is 16.6 Å². The molecule has 2 N–H and O–H groups in total. The van der Waals surface area contributed by atoms with Crippen molar-refractivity contribution in [2.75, 3.05) is 12.0 Å². The number of carbonyl (C=O) groups is 2. The van der Waals surface area contributed by atoms with E-state index < -0.39 is 17.7 Å². The number of ether oxygens (including phenoxy) is 1. The number of aliphatic hydroxyl groups excluding tert-OH is 1. The molecule has 1 aliphatic rings. The van der Waals surface area contributed by atoms with Gasteiger partial charge in [-0.25, -0.2) is 4.98 Å². The van der Waals surface area contributed by atoms with Crippen molar-refractivity contribution in [1.29, 1.82) is 0 Å². The molecule has 0 aliphatic carbocycles. The van der Waals surface area contributed by atoms with Crippen LogP contribution in [0.3, 0.4) is 0 Å². The molecule has 29 heavy (non-hydrogen) atoms. The third kappa shape index (κ3) is 3.13. The van der Waals surface area contributed by atoms with Gasteiger partial charge >= 0.3 is 5.91 Å². The Morgan fingerprint density at radius 1 is 1.17 bits per heavy atom. The monoisotopic (exact) mass is 408 g/mol. The highest BCUT2D eigenvalue weighted by molar-refractivity contribution is 7.14. The second-order valence-corrected chi connectivity index (χ2v) is 7.15.